The average Bonchev–Trinajstić information content (AvgIpc) is 2.88. The molecule has 2 heterocycles. The number of nitrogens with two attached hydrogens (primary N) is 1. The van der Waals surface area contributed by atoms with Gasteiger partial charge in [0.2, 0.25) is 0 Å². The minimum Gasteiger partial charge on any atom is -0.322 e. The molecule has 0 radical (unpaired) electrons. The summed E-state index contributed by atoms with van der Waals surface area (Å²) in [6, 6.07) is 1.50. The van der Waals surface area contributed by atoms with Gasteiger partial charge in [0, 0.05) is 24.0 Å². The van der Waals surface area contributed by atoms with Crippen molar-refractivity contribution < 1.29 is 0 Å². The van der Waals surface area contributed by atoms with Gasteiger partial charge in [0.05, 0.1) is 11.7 Å². The fourth-order valence-electron chi connectivity index (χ4n) is 2.64. The average molecular weight is 253 g/mol. The summed E-state index contributed by atoms with van der Waals surface area (Å²) in [5, 5.41) is 3.22. The standard InChI is InChI=1S/C13H23N3S/c1-4-12-6-5-9(2)16(12)7-11-8-17-13(15-11)10(3)14/h8-10,12H,4-7,14H2,1-3H3. The van der Waals surface area contributed by atoms with E-state index in [-0.39, 0.29) is 6.04 Å². The number of rotatable bonds is 4. The Morgan fingerprint density at radius 3 is 2.94 bits per heavy atom. The third-order valence-corrected chi connectivity index (χ3v) is 4.82. The summed E-state index contributed by atoms with van der Waals surface area (Å²) in [4.78, 5) is 7.23. The Hall–Kier alpha value is -0.450. The molecular formula is C13H23N3S. The number of thiazole rings is 1. The molecule has 1 aromatic heterocycles. The zero-order chi connectivity index (χ0) is 12.4. The monoisotopic (exact) mass is 253 g/mol. The van der Waals surface area contributed by atoms with Crippen molar-refractivity contribution in [1.29, 1.82) is 0 Å². The second kappa shape index (κ2) is 5.46. The van der Waals surface area contributed by atoms with Crippen LogP contribution >= 0.6 is 11.3 Å². The summed E-state index contributed by atoms with van der Waals surface area (Å²) in [5.41, 5.74) is 7.04. The van der Waals surface area contributed by atoms with E-state index < -0.39 is 0 Å². The Balaban J connectivity index is 2.03. The molecule has 0 saturated carbocycles. The molecule has 3 nitrogen and oxygen atoms in total. The highest BCUT2D eigenvalue weighted by Crippen LogP contribution is 2.28. The van der Waals surface area contributed by atoms with Crippen molar-refractivity contribution in [2.45, 2.75) is 64.7 Å². The Kier molecular flexibility index (Phi) is 4.17. The molecule has 1 aromatic rings. The van der Waals surface area contributed by atoms with Crippen LogP contribution in [0, 0.1) is 0 Å². The summed E-state index contributed by atoms with van der Waals surface area (Å²) < 4.78 is 0. The summed E-state index contributed by atoms with van der Waals surface area (Å²) in [6.07, 6.45) is 3.90. The SMILES string of the molecule is CCC1CCC(C)N1Cc1csc(C(C)N)n1. The zero-order valence-corrected chi connectivity index (χ0v) is 11.8. The molecule has 0 spiro atoms. The first kappa shape index (κ1) is 13.0. The lowest BCUT2D eigenvalue weighted by molar-refractivity contribution is 0.187. The van der Waals surface area contributed by atoms with Crippen LogP contribution in [0.1, 0.15) is 56.8 Å². The van der Waals surface area contributed by atoms with Gasteiger partial charge in [0.1, 0.15) is 5.01 Å². The van der Waals surface area contributed by atoms with Crippen molar-refractivity contribution in [3.63, 3.8) is 0 Å². The molecule has 1 aliphatic heterocycles. The third-order valence-electron chi connectivity index (χ3n) is 3.73. The van der Waals surface area contributed by atoms with Gasteiger partial charge in [-0.05, 0) is 33.1 Å². The Morgan fingerprint density at radius 2 is 2.35 bits per heavy atom. The summed E-state index contributed by atoms with van der Waals surface area (Å²) in [7, 11) is 0. The minimum atomic E-state index is 0.0618. The van der Waals surface area contributed by atoms with Crippen LogP contribution in [0.2, 0.25) is 0 Å². The first-order valence-corrected chi connectivity index (χ1v) is 7.45. The van der Waals surface area contributed by atoms with Crippen LogP contribution in [0.3, 0.4) is 0 Å². The van der Waals surface area contributed by atoms with E-state index in [0.717, 1.165) is 17.6 Å². The third kappa shape index (κ3) is 2.87. The predicted octanol–water partition coefficient (Wildman–Crippen LogP) is 2.93. The predicted molar refractivity (Wildman–Crippen MR) is 73.0 cm³/mol. The van der Waals surface area contributed by atoms with Crippen molar-refractivity contribution >= 4 is 11.3 Å². The van der Waals surface area contributed by atoms with Gasteiger partial charge in [-0.2, -0.15) is 0 Å². The maximum atomic E-state index is 5.85. The van der Waals surface area contributed by atoms with Gasteiger partial charge in [0.25, 0.3) is 0 Å². The molecule has 0 bridgehead atoms. The number of hydrogen-bond acceptors (Lipinski definition) is 4. The number of hydrogen-bond donors (Lipinski definition) is 1. The molecular weight excluding hydrogens is 230 g/mol. The maximum Gasteiger partial charge on any atom is 0.109 e. The smallest absolute Gasteiger partial charge is 0.109 e. The van der Waals surface area contributed by atoms with Gasteiger partial charge in [-0.3, -0.25) is 4.90 Å². The summed E-state index contributed by atoms with van der Waals surface area (Å²) in [6.45, 7) is 7.59. The lowest BCUT2D eigenvalue weighted by Gasteiger charge is -2.26. The van der Waals surface area contributed by atoms with Crippen LogP contribution in [-0.2, 0) is 6.54 Å². The quantitative estimate of drug-likeness (QED) is 0.897. The molecule has 4 heteroatoms. The number of nitrogens with zero attached hydrogens (tertiary/aromatic N) is 2. The van der Waals surface area contributed by atoms with Gasteiger partial charge in [-0.1, -0.05) is 6.92 Å². The highest BCUT2D eigenvalue weighted by molar-refractivity contribution is 7.09. The zero-order valence-electron chi connectivity index (χ0n) is 11.0. The molecule has 0 amide bonds. The lowest BCUT2D eigenvalue weighted by atomic mass is 10.1. The first-order chi connectivity index (χ1) is 8.11. The second-order valence-corrected chi connectivity index (χ2v) is 6.02. The van der Waals surface area contributed by atoms with Crippen LogP contribution < -0.4 is 5.73 Å². The van der Waals surface area contributed by atoms with Crippen LogP contribution in [0.15, 0.2) is 5.38 Å². The van der Waals surface area contributed by atoms with E-state index in [1.54, 1.807) is 11.3 Å². The maximum absolute atomic E-state index is 5.85. The molecule has 17 heavy (non-hydrogen) atoms. The molecule has 0 aliphatic carbocycles. The van der Waals surface area contributed by atoms with Crippen molar-refractivity contribution in [2.24, 2.45) is 5.73 Å². The Morgan fingerprint density at radius 1 is 1.59 bits per heavy atom. The van der Waals surface area contributed by atoms with Crippen molar-refractivity contribution in [3.05, 3.63) is 16.1 Å². The number of likely N-dealkylation sites (tertiary alicyclic amines) is 1. The van der Waals surface area contributed by atoms with Crippen LogP contribution in [-0.4, -0.2) is 22.0 Å². The van der Waals surface area contributed by atoms with Crippen molar-refractivity contribution in [1.82, 2.24) is 9.88 Å². The topological polar surface area (TPSA) is 42.1 Å². The van der Waals surface area contributed by atoms with Gasteiger partial charge in [0.15, 0.2) is 0 Å². The van der Waals surface area contributed by atoms with E-state index in [1.165, 1.54) is 25.0 Å². The molecule has 3 atom stereocenters. The number of aromatic nitrogens is 1. The van der Waals surface area contributed by atoms with E-state index in [9.17, 15) is 0 Å². The van der Waals surface area contributed by atoms with E-state index in [2.05, 4.69) is 29.1 Å². The van der Waals surface area contributed by atoms with Crippen LogP contribution in [0.5, 0.6) is 0 Å². The van der Waals surface area contributed by atoms with Gasteiger partial charge < -0.3 is 5.73 Å². The molecule has 2 rings (SSSR count). The van der Waals surface area contributed by atoms with Crippen molar-refractivity contribution in [2.75, 3.05) is 0 Å². The first-order valence-electron chi connectivity index (χ1n) is 6.57. The molecule has 1 fully saturated rings. The van der Waals surface area contributed by atoms with Crippen LogP contribution in [0.4, 0.5) is 0 Å². The highest BCUT2D eigenvalue weighted by Gasteiger charge is 2.29. The van der Waals surface area contributed by atoms with E-state index in [1.807, 2.05) is 6.92 Å². The fourth-order valence-corrected chi connectivity index (χ4v) is 3.41. The Labute approximate surface area is 108 Å². The minimum absolute atomic E-state index is 0.0618. The largest absolute Gasteiger partial charge is 0.322 e. The van der Waals surface area contributed by atoms with Crippen molar-refractivity contribution in [3.8, 4) is 0 Å². The normalized spacial score (nSPS) is 27.5. The fraction of sp³-hybridized carbons (Fsp3) is 0.769. The van der Waals surface area contributed by atoms with E-state index in [0.29, 0.717) is 6.04 Å². The highest BCUT2D eigenvalue weighted by atomic mass is 32.1. The Bertz CT molecular complexity index is 361. The van der Waals surface area contributed by atoms with E-state index in [4.69, 9.17) is 5.73 Å². The van der Waals surface area contributed by atoms with E-state index >= 15 is 0 Å². The van der Waals surface area contributed by atoms with Crippen LogP contribution in [0.25, 0.3) is 0 Å². The molecule has 3 unspecified atom stereocenters. The second-order valence-electron chi connectivity index (χ2n) is 5.13. The molecule has 1 saturated heterocycles. The van der Waals surface area contributed by atoms with Gasteiger partial charge in [-0.15, -0.1) is 11.3 Å². The summed E-state index contributed by atoms with van der Waals surface area (Å²) >= 11 is 1.69. The van der Waals surface area contributed by atoms with Gasteiger partial charge >= 0.3 is 0 Å². The molecule has 1 aliphatic rings. The summed E-state index contributed by atoms with van der Waals surface area (Å²) in [5.74, 6) is 0. The molecule has 0 aromatic carbocycles. The van der Waals surface area contributed by atoms with Gasteiger partial charge in [-0.25, -0.2) is 4.98 Å². The lowest BCUT2D eigenvalue weighted by Crippen LogP contribution is -2.33. The molecule has 2 N–H and O–H groups in total. The molecule has 96 valence electrons.